The number of ether oxygens (including phenoxy) is 6. The molecule has 78 heavy (non-hydrogen) atoms. The third-order valence-electron chi connectivity index (χ3n) is 13.4. The average Bonchev–Trinajstić information content (AvgIpc) is 3.49. The van der Waals surface area contributed by atoms with E-state index in [0.29, 0.717) is 75.7 Å². The van der Waals surface area contributed by atoms with E-state index in [0.717, 1.165) is 83.4 Å². The molecule has 10 nitrogen and oxygen atoms in total. The monoisotopic (exact) mass is 1050 g/mol. The zero-order chi connectivity index (χ0) is 54.0. The minimum absolute atomic E-state index is 0.135. The standard InChI is InChI=1S/C68H76N2O8/c1-51(69-45-67(71)59-39-63(75-47-55-19-9-5-10-20-55)43-64(40-59)76-48-56-21-11-6-12-22-56)37-53-27-31-61(32-28-53)73-35-17-3-4-18-36-74-62-33-29-54(30-34-62)38-52(2)70-46-68(72)60-41-65(77-49-57-23-13-7-14-24-57)44-66(42-60)78-50-58-25-15-8-16-26-58/h5-16,19-34,39-44,51-52,67-72H,3-4,17-18,35-38,45-50H2,1-2H3/t51-,52-,67+,68+/m1/s1. The predicted molar refractivity (Wildman–Crippen MR) is 311 cm³/mol. The van der Waals surface area contributed by atoms with E-state index in [1.54, 1.807) is 0 Å². The first-order chi connectivity index (χ1) is 38.3. The van der Waals surface area contributed by atoms with Crippen LogP contribution in [-0.2, 0) is 39.3 Å². The van der Waals surface area contributed by atoms with Crippen LogP contribution in [0.4, 0.5) is 0 Å². The number of benzene rings is 8. The van der Waals surface area contributed by atoms with Crippen molar-refractivity contribution in [3.63, 3.8) is 0 Å². The number of hydrogen-bond donors (Lipinski definition) is 4. The summed E-state index contributed by atoms with van der Waals surface area (Å²) in [6.45, 7) is 8.05. The van der Waals surface area contributed by atoms with E-state index < -0.39 is 12.2 Å². The fraction of sp³-hybridized carbons (Fsp3) is 0.294. The van der Waals surface area contributed by atoms with Gasteiger partial charge in [-0.05, 0) is 145 Å². The van der Waals surface area contributed by atoms with Crippen LogP contribution in [-0.4, -0.2) is 48.6 Å². The maximum atomic E-state index is 11.3. The maximum Gasteiger partial charge on any atom is 0.123 e. The van der Waals surface area contributed by atoms with Crippen LogP contribution in [0.5, 0.6) is 34.5 Å². The molecule has 4 N–H and O–H groups in total. The Balaban J connectivity index is 0.686. The smallest absolute Gasteiger partial charge is 0.123 e. The van der Waals surface area contributed by atoms with Crippen LogP contribution in [0.3, 0.4) is 0 Å². The molecule has 8 rings (SSSR count). The highest BCUT2D eigenvalue weighted by Gasteiger charge is 2.16. The van der Waals surface area contributed by atoms with Gasteiger partial charge in [0.25, 0.3) is 0 Å². The van der Waals surface area contributed by atoms with E-state index in [-0.39, 0.29) is 12.1 Å². The van der Waals surface area contributed by atoms with E-state index in [1.807, 2.05) is 182 Å². The van der Waals surface area contributed by atoms with E-state index in [2.05, 4.69) is 48.7 Å². The molecule has 0 unspecified atom stereocenters. The molecule has 10 heteroatoms. The molecular weight excluding hydrogens is 973 g/mol. The molecule has 8 aromatic rings. The average molecular weight is 1050 g/mol. The fourth-order valence-electron chi connectivity index (χ4n) is 8.96. The SMILES string of the molecule is C[C@H](Cc1ccc(OCCCCCCOc2ccc(C[C@@H](C)NC[C@H](O)c3cc(OCc4ccccc4)cc(OCc4ccccc4)c3)cc2)cc1)NC[C@H](O)c1cc(OCc2ccccc2)cc(OCc2ccccc2)c1. The van der Waals surface area contributed by atoms with Crippen molar-refractivity contribution in [3.8, 4) is 34.5 Å². The number of aliphatic hydroxyl groups excluding tert-OH is 2. The number of unbranched alkanes of at least 4 members (excludes halogenated alkanes) is 3. The number of rotatable bonds is 33. The molecule has 0 spiro atoms. The number of aliphatic hydroxyl groups is 2. The van der Waals surface area contributed by atoms with Gasteiger partial charge in [-0.2, -0.15) is 0 Å². The molecule has 0 aromatic heterocycles. The first-order valence-electron chi connectivity index (χ1n) is 27.5. The van der Waals surface area contributed by atoms with Crippen molar-refractivity contribution in [1.29, 1.82) is 0 Å². The first-order valence-corrected chi connectivity index (χ1v) is 27.5. The van der Waals surface area contributed by atoms with Crippen LogP contribution in [0.25, 0.3) is 0 Å². The molecule has 0 fully saturated rings. The summed E-state index contributed by atoms with van der Waals surface area (Å²) in [5.74, 6) is 4.33. The van der Waals surface area contributed by atoms with Crippen molar-refractivity contribution >= 4 is 0 Å². The highest BCUT2D eigenvalue weighted by Crippen LogP contribution is 2.30. The maximum absolute atomic E-state index is 11.3. The molecule has 8 aromatic carbocycles. The van der Waals surface area contributed by atoms with E-state index >= 15 is 0 Å². The van der Waals surface area contributed by atoms with Crippen molar-refractivity contribution in [3.05, 3.63) is 251 Å². The summed E-state index contributed by atoms with van der Waals surface area (Å²) in [6.07, 6.45) is 4.21. The van der Waals surface area contributed by atoms with Gasteiger partial charge in [-0.3, -0.25) is 0 Å². The van der Waals surface area contributed by atoms with Gasteiger partial charge in [0.1, 0.15) is 60.9 Å². The van der Waals surface area contributed by atoms with Crippen LogP contribution in [0.15, 0.2) is 206 Å². The third kappa shape index (κ3) is 19.8. The summed E-state index contributed by atoms with van der Waals surface area (Å²) < 4.78 is 36.8. The number of hydrogen-bond acceptors (Lipinski definition) is 10. The minimum Gasteiger partial charge on any atom is -0.494 e. The van der Waals surface area contributed by atoms with Crippen LogP contribution in [0.2, 0.25) is 0 Å². The normalized spacial score (nSPS) is 12.7. The topological polar surface area (TPSA) is 120 Å². The van der Waals surface area contributed by atoms with E-state index in [9.17, 15) is 10.2 Å². The molecule has 0 saturated heterocycles. The summed E-state index contributed by atoms with van der Waals surface area (Å²) in [7, 11) is 0. The Bertz CT molecular complexity index is 2600. The Morgan fingerprint density at radius 3 is 0.910 bits per heavy atom. The lowest BCUT2D eigenvalue weighted by atomic mass is 10.1. The summed E-state index contributed by atoms with van der Waals surface area (Å²) in [5.41, 5.74) is 8.13. The second kappa shape index (κ2) is 31.0. The fourth-order valence-corrected chi connectivity index (χ4v) is 8.96. The van der Waals surface area contributed by atoms with Gasteiger partial charge in [-0.1, -0.05) is 146 Å². The van der Waals surface area contributed by atoms with Gasteiger partial charge in [-0.15, -0.1) is 0 Å². The van der Waals surface area contributed by atoms with Crippen molar-refractivity contribution in [2.75, 3.05) is 26.3 Å². The van der Waals surface area contributed by atoms with Crippen LogP contribution < -0.4 is 39.1 Å². The van der Waals surface area contributed by atoms with Gasteiger partial charge in [0.2, 0.25) is 0 Å². The zero-order valence-corrected chi connectivity index (χ0v) is 45.2. The van der Waals surface area contributed by atoms with E-state index in [1.165, 1.54) is 11.1 Å². The van der Waals surface area contributed by atoms with Crippen molar-refractivity contribution in [2.45, 2.75) is 103 Å². The molecule has 0 bridgehead atoms. The molecule has 0 aliphatic rings. The highest BCUT2D eigenvalue weighted by atomic mass is 16.5. The molecule has 406 valence electrons. The lowest BCUT2D eigenvalue weighted by Gasteiger charge is -2.19. The van der Waals surface area contributed by atoms with Crippen molar-refractivity contribution in [2.24, 2.45) is 0 Å². The zero-order valence-electron chi connectivity index (χ0n) is 45.2. The lowest BCUT2D eigenvalue weighted by Crippen LogP contribution is -2.32. The molecule has 0 aliphatic carbocycles. The van der Waals surface area contributed by atoms with Gasteiger partial charge >= 0.3 is 0 Å². The second-order valence-corrected chi connectivity index (χ2v) is 20.0. The summed E-state index contributed by atoms with van der Waals surface area (Å²) >= 11 is 0. The molecule has 0 aliphatic heterocycles. The van der Waals surface area contributed by atoms with Crippen molar-refractivity contribution < 1.29 is 38.6 Å². The van der Waals surface area contributed by atoms with Gasteiger partial charge < -0.3 is 49.3 Å². The molecule has 4 atom stereocenters. The number of nitrogens with one attached hydrogen (secondary N) is 2. The van der Waals surface area contributed by atoms with Crippen LogP contribution in [0.1, 0.15) is 96.2 Å². The Hall–Kier alpha value is -7.60. The highest BCUT2D eigenvalue weighted by molar-refractivity contribution is 5.41. The van der Waals surface area contributed by atoms with Gasteiger partial charge in [-0.25, -0.2) is 0 Å². The minimum atomic E-state index is -0.753. The molecule has 0 radical (unpaired) electrons. The van der Waals surface area contributed by atoms with E-state index in [4.69, 9.17) is 28.4 Å². The Kier molecular flexibility index (Phi) is 22.5. The Morgan fingerprint density at radius 1 is 0.321 bits per heavy atom. The summed E-state index contributed by atoms with van der Waals surface area (Å²) in [6, 6.07) is 68.4. The van der Waals surface area contributed by atoms with Crippen molar-refractivity contribution in [1.82, 2.24) is 10.6 Å². The first kappa shape index (κ1) is 56.6. The summed E-state index contributed by atoms with van der Waals surface area (Å²) in [5, 5.41) is 29.7. The second-order valence-electron chi connectivity index (χ2n) is 20.0. The Labute approximate surface area is 461 Å². The molecule has 0 heterocycles. The predicted octanol–water partition coefficient (Wildman–Crippen LogP) is 13.5. The quantitative estimate of drug-likeness (QED) is 0.0296. The molecule has 0 saturated carbocycles. The third-order valence-corrected chi connectivity index (χ3v) is 13.4. The van der Waals surface area contributed by atoms with Gasteiger partial charge in [0.15, 0.2) is 0 Å². The van der Waals surface area contributed by atoms with Gasteiger partial charge in [0.05, 0.1) is 25.4 Å². The summed E-state index contributed by atoms with van der Waals surface area (Å²) in [4.78, 5) is 0. The lowest BCUT2D eigenvalue weighted by molar-refractivity contribution is 0.169. The molecular formula is C68H76N2O8. The Morgan fingerprint density at radius 2 is 0.615 bits per heavy atom. The largest absolute Gasteiger partial charge is 0.494 e. The van der Waals surface area contributed by atoms with Gasteiger partial charge in [0, 0.05) is 37.3 Å². The van der Waals surface area contributed by atoms with Crippen LogP contribution >= 0.6 is 0 Å². The van der Waals surface area contributed by atoms with Crippen LogP contribution in [0, 0.1) is 0 Å². The molecule has 0 amide bonds.